The minimum atomic E-state index is -0.491. The molecule has 0 aromatic carbocycles. The number of aromatic nitrogens is 2. The van der Waals surface area contributed by atoms with Gasteiger partial charge in [0, 0.05) is 13.2 Å². The lowest BCUT2D eigenvalue weighted by Crippen LogP contribution is -2.34. The minimum Gasteiger partial charge on any atom is -0.379 e. The molecule has 1 fully saturated rings. The molecule has 1 aliphatic heterocycles. The van der Waals surface area contributed by atoms with E-state index in [0.29, 0.717) is 24.9 Å². The molecule has 19 heavy (non-hydrogen) atoms. The molecule has 6 heteroatoms. The van der Waals surface area contributed by atoms with E-state index in [-0.39, 0.29) is 12.0 Å². The minimum absolute atomic E-state index is 0.124. The maximum Gasteiger partial charge on any atom is 0.233 e. The average molecular weight is 269 g/mol. The molecule has 2 heterocycles. The van der Waals surface area contributed by atoms with Crippen molar-refractivity contribution in [2.24, 2.45) is 0 Å². The summed E-state index contributed by atoms with van der Waals surface area (Å²) in [4.78, 5) is 4.52. The van der Waals surface area contributed by atoms with E-state index in [0.717, 1.165) is 13.0 Å². The van der Waals surface area contributed by atoms with E-state index in [1.165, 1.54) is 0 Å². The highest BCUT2D eigenvalue weighted by molar-refractivity contribution is 5.06. The van der Waals surface area contributed by atoms with Crippen LogP contribution in [0.15, 0.2) is 4.52 Å². The van der Waals surface area contributed by atoms with Crippen molar-refractivity contribution >= 4 is 0 Å². The topological polar surface area (TPSA) is 69.4 Å². The monoisotopic (exact) mass is 269 g/mol. The van der Waals surface area contributed by atoms with E-state index < -0.39 is 5.60 Å². The summed E-state index contributed by atoms with van der Waals surface area (Å²) in [5.41, 5.74) is -0.491. The predicted molar refractivity (Wildman–Crippen MR) is 70.0 cm³/mol. The number of nitrogens with zero attached hydrogens (tertiary/aromatic N) is 2. The summed E-state index contributed by atoms with van der Waals surface area (Å²) in [6, 6.07) is 0.244. The van der Waals surface area contributed by atoms with Crippen molar-refractivity contribution in [3.63, 3.8) is 0 Å². The van der Waals surface area contributed by atoms with Crippen LogP contribution in [0.25, 0.3) is 0 Å². The third-order valence-corrected chi connectivity index (χ3v) is 3.90. The Morgan fingerprint density at radius 2 is 2.21 bits per heavy atom. The number of nitrogens with one attached hydrogen (secondary N) is 1. The standard InChI is InChI=1S/C13H23N3O3/c1-5-13(3,17-4)12-15-11(19-16-12)9-7-18-8-10(9)14-6-2/h9-10,14H,5-8H2,1-4H3. The molecule has 1 aromatic rings. The summed E-state index contributed by atoms with van der Waals surface area (Å²) >= 11 is 0. The number of hydrogen-bond acceptors (Lipinski definition) is 6. The summed E-state index contributed by atoms with van der Waals surface area (Å²) in [6.45, 7) is 8.29. The second-order valence-electron chi connectivity index (χ2n) is 5.05. The van der Waals surface area contributed by atoms with Crippen LogP contribution in [0.4, 0.5) is 0 Å². The Hall–Kier alpha value is -0.980. The van der Waals surface area contributed by atoms with Gasteiger partial charge in [-0.3, -0.25) is 0 Å². The van der Waals surface area contributed by atoms with Crippen LogP contribution in [-0.2, 0) is 15.1 Å². The van der Waals surface area contributed by atoms with E-state index >= 15 is 0 Å². The molecule has 108 valence electrons. The average Bonchev–Trinajstić information content (AvgIpc) is 3.06. The maximum atomic E-state index is 5.50. The number of likely N-dealkylation sites (N-methyl/N-ethyl adjacent to an activating group) is 1. The third-order valence-electron chi connectivity index (χ3n) is 3.90. The molecule has 6 nitrogen and oxygen atoms in total. The summed E-state index contributed by atoms with van der Waals surface area (Å²) in [5, 5.41) is 7.46. The van der Waals surface area contributed by atoms with Gasteiger partial charge in [0.15, 0.2) is 0 Å². The lowest BCUT2D eigenvalue weighted by Gasteiger charge is -2.22. The molecule has 1 saturated heterocycles. The number of rotatable bonds is 6. The van der Waals surface area contributed by atoms with E-state index in [1.54, 1.807) is 7.11 Å². The molecular formula is C13H23N3O3. The molecule has 0 aliphatic carbocycles. The van der Waals surface area contributed by atoms with E-state index in [2.05, 4.69) is 22.4 Å². The lowest BCUT2D eigenvalue weighted by atomic mass is 10.0. The van der Waals surface area contributed by atoms with Crippen LogP contribution in [0, 0.1) is 0 Å². The van der Waals surface area contributed by atoms with Crippen LogP contribution >= 0.6 is 0 Å². The fraction of sp³-hybridized carbons (Fsp3) is 0.846. The van der Waals surface area contributed by atoms with Gasteiger partial charge in [-0.2, -0.15) is 4.98 Å². The van der Waals surface area contributed by atoms with Crippen LogP contribution in [-0.4, -0.2) is 43.1 Å². The van der Waals surface area contributed by atoms with Gasteiger partial charge in [-0.05, 0) is 19.9 Å². The molecule has 0 amide bonds. The smallest absolute Gasteiger partial charge is 0.233 e. The zero-order valence-electron chi connectivity index (χ0n) is 12.1. The molecule has 0 spiro atoms. The molecule has 1 N–H and O–H groups in total. The Morgan fingerprint density at radius 1 is 1.42 bits per heavy atom. The van der Waals surface area contributed by atoms with Crippen molar-refractivity contribution < 1.29 is 14.0 Å². The lowest BCUT2D eigenvalue weighted by molar-refractivity contribution is -0.0106. The summed E-state index contributed by atoms with van der Waals surface area (Å²) in [5.74, 6) is 1.36. The van der Waals surface area contributed by atoms with E-state index in [9.17, 15) is 0 Å². The molecular weight excluding hydrogens is 246 g/mol. The van der Waals surface area contributed by atoms with Crippen LogP contribution in [0.5, 0.6) is 0 Å². The van der Waals surface area contributed by atoms with Gasteiger partial charge in [0.1, 0.15) is 5.60 Å². The Labute approximate surface area is 113 Å². The van der Waals surface area contributed by atoms with Gasteiger partial charge in [-0.1, -0.05) is 19.0 Å². The largest absolute Gasteiger partial charge is 0.379 e. The molecule has 3 unspecified atom stereocenters. The third kappa shape index (κ3) is 2.80. The second-order valence-corrected chi connectivity index (χ2v) is 5.05. The highest BCUT2D eigenvalue weighted by Gasteiger charge is 2.36. The first-order valence-electron chi connectivity index (χ1n) is 6.85. The molecule has 2 rings (SSSR count). The molecule has 1 aromatic heterocycles. The second kappa shape index (κ2) is 5.98. The molecule has 1 aliphatic rings. The Morgan fingerprint density at radius 3 is 2.84 bits per heavy atom. The van der Waals surface area contributed by atoms with Crippen molar-refractivity contribution in [3.8, 4) is 0 Å². The number of methoxy groups -OCH3 is 1. The highest BCUT2D eigenvalue weighted by atomic mass is 16.5. The summed E-state index contributed by atoms with van der Waals surface area (Å²) < 4.78 is 16.4. The Kier molecular flexibility index (Phi) is 4.54. The first kappa shape index (κ1) is 14.4. The SMILES string of the molecule is CCNC1COCC1c1nc(C(C)(CC)OC)no1. The molecule has 3 atom stereocenters. The van der Waals surface area contributed by atoms with Gasteiger partial charge in [0.25, 0.3) is 0 Å². The fourth-order valence-electron chi connectivity index (χ4n) is 2.26. The van der Waals surface area contributed by atoms with Crippen LogP contribution < -0.4 is 5.32 Å². The van der Waals surface area contributed by atoms with Gasteiger partial charge in [0.05, 0.1) is 19.1 Å². The number of ether oxygens (including phenoxy) is 2. The van der Waals surface area contributed by atoms with Gasteiger partial charge in [-0.25, -0.2) is 0 Å². The molecule has 0 bridgehead atoms. The van der Waals surface area contributed by atoms with Crippen molar-refractivity contribution in [1.82, 2.24) is 15.5 Å². The van der Waals surface area contributed by atoms with Crippen molar-refractivity contribution in [2.45, 2.75) is 44.8 Å². The van der Waals surface area contributed by atoms with E-state index in [4.69, 9.17) is 14.0 Å². The predicted octanol–water partition coefficient (Wildman–Crippen LogP) is 1.43. The zero-order valence-corrected chi connectivity index (χ0v) is 12.1. The first-order valence-corrected chi connectivity index (χ1v) is 6.85. The summed E-state index contributed by atoms with van der Waals surface area (Å²) in [7, 11) is 1.67. The van der Waals surface area contributed by atoms with Gasteiger partial charge < -0.3 is 19.3 Å². The van der Waals surface area contributed by atoms with Gasteiger partial charge >= 0.3 is 0 Å². The van der Waals surface area contributed by atoms with Crippen LogP contribution in [0.1, 0.15) is 44.8 Å². The first-order chi connectivity index (χ1) is 9.14. The van der Waals surface area contributed by atoms with Crippen molar-refractivity contribution in [3.05, 3.63) is 11.7 Å². The molecule has 0 radical (unpaired) electrons. The van der Waals surface area contributed by atoms with Gasteiger partial charge in [-0.15, -0.1) is 0 Å². The number of hydrogen-bond donors (Lipinski definition) is 1. The van der Waals surface area contributed by atoms with Crippen molar-refractivity contribution in [2.75, 3.05) is 26.9 Å². The van der Waals surface area contributed by atoms with Crippen molar-refractivity contribution in [1.29, 1.82) is 0 Å². The quantitative estimate of drug-likeness (QED) is 0.842. The Balaban J connectivity index is 2.16. The van der Waals surface area contributed by atoms with Gasteiger partial charge in [0.2, 0.25) is 11.7 Å². The fourth-order valence-corrected chi connectivity index (χ4v) is 2.26. The Bertz CT molecular complexity index is 404. The highest BCUT2D eigenvalue weighted by Crippen LogP contribution is 2.29. The van der Waals surface area contributed by atoms with E-state index in [1.807, 2.05) is 13.8 Å². The van der Waals surface area contributed by atoms with Crippen LogP contribution in [0.3, 0.4) is 0 Å². The normalized spacial score (nSPS) is 26.5. The van der Waals surface area contributed by atoms with Crippen LogP contribution in [0.2, 0.25) is 0 Å². The molecule has 0 saturated carbocycles. The maximum absolute atomic E-state index is 5.50. The summed E-state index contributed by atoms with van der Waals surface area (Å²) in [6.07, 6.45) is 0.792. The zero-order chi connectivity index (χ0) is 13.9.